The van der Waals surface area contributed by atoms with E-state index in [1.807, 2.05) is 19.2 Å². The third-order valence-electron chi connectivity index (χ3n) is 5.76. The minimum absolute atomic E-state index is 0.214. The summed E-state index contributed by atoms with van der Waals surface area (Å²) in [5, 5.41) is 6.98. The number of nitrogens with one attached hydrogen (secondary N) is 2. The Morgan fingerprint density at radius 3 is 2.74 bits per heavy atom. The van der Waals surface area contributed by atoms with Gasteiger partial charge in [-0.2, -0.15) is 0 Å². The Morgan fingerprint density at radius 2 is 2.04 bits per heavy atom. The highest BCUT2D eigenvalue weighted by atomic mass is 16.5. The minimum Gasteiger partial charge on any atom is -0.481 e. The van der Waals surface area contributed by atoms with Crippen molar-refractivity contribution in [1.29, 1.82) is 0 Å². The fraction of sp³-hybridized carbons (Fsp3) is 0.700. The standard InChI is InChI=1S/C20H33N5O2/c1-21-19(23-15-17-7-6-10-22-18(17)26-2)24-16-20(8-4-3-5-9-20)25-11-13-27-14-12-25/h6-7,10H,3-5,8-9,11-16H2,1-2H3,(H2,21,23,24). The van der Waals surface area contributed by atoms with Crippen LogP contribution in [0.4, 0.5) is 0 Å². The Balaban J connectivity index is 1.59. The van der Waals surface area contributed by atoms with Gasteiger partial charge in [-0.3, -0.25) is 9.89 Å². The first kappa shape index (κ1) is 19.9. The molecule has 1 aliphatic heterocycles. The van der Waals surface area contributed by atoms with Crippen molar-refractivity contribution in [1.82, 2.24) is 20.5 Å². The monoisotopic (exact) mass is 375 g/mol. The van der Waals surface area contributed by atoms with Crippen LogP contribution in [-0.2, 0) is 11.3 Å². The van der Waals surface area contributed by atoms with Crippen LogP contribution >= 0.6 is 0 Å². The zero-order valence-corrected chi connectivity index (χ0v) is 16.7. The van der Waals surface area contributed by atoms with E-state index in [0.29, 0.717) is 12.4 Å². The molecule has 1 saturated heterocycles. The van der Waals surface area contributed by atoms with Crippen molar-refractivity contribution in [3.8, 4) is 5.88 Å². The molecule has 150 valence electrons. The van der Waals surface area contributed by atoms with Crippen molar-refractivity contribution in [2.75, 3.05) is 47.0 Å². The van der Waals surface area contributed by atoms with Crippen LogP contribution in [0.3, 0.4) is 0 Å². The molecular formula is C20H33N5O2. The number of rotatable bonds is 6. The summed E-state index contributed by atoms with van der Waals surface area (Å²) in [6, 6.07) is 3.94. The maximum atomic E-state index is 5.58. The maximum Gasteiger partial charge on any atom is 0.218 e. The zero-order chi connectivity index (χ0) is 19.0. The van der Waals surface area contributed by atoms with Gasteiger partial charge in [-0.25, -0.2) is 4.98 Å². The zero-order valence-electron chi connectivity index (χ0n) is 16.7. The molecule has 7 heteroatoms. The Hall–Kier alpha value is -1.86. The molecule has 1 aromatic heterocycles. The highest BCUT2D eigenvalue weighted by Gasteiger charge is 2.38. The third kappa shape index (κ3) is 5.11. The molecule has 0 radical (unpaired) electrons. The summed E-state index contributed by atoms with van der Waals surface area (Å²) in [5.41, 5.74) is 1.23. The van der Waals surface area contributed by atoms with E-state index in [1.54, 1.807) is 13.3 Å². The summed E-state index contributed by atoms with van der Waals surface area (Å²) >= 11 is 0. The maximum absolute atomic E-state index is 5.58. The summed E-state index contributed by atoms with van der Waals surface area (Å²) in [4.78, 5) is 11.3. The first-order valence-corrected chi connectivity index (χ1v) is 10.0. The lowest BCUT2D eigenvalue weighted by Gasteiger charge is -2.48. The molecule has 2 fully saturated rings. The van der Waals surface area contributed by atoms with Crippen molar-refractivity contribution in [3.05, 3.63) is 23.9 Å². The molecule has 7 nitrogen and oxygen atoms in total. The number of aliphatic imine (C=N–C) groups is 1. The summed E-state index contributed by atoms with van der Waals surface area (Å²) in [7, 11) is 3.46. The number of morpholine rings is 1. The van der Waals surface area contributed by atoms with E-state index in [-0.39, 0.29) is 5.54 Å². The van der Waals surface area contributed by atoms with Crippen molar-refractivity contribution in [3.63, 3.8) is 0 Å². The van der Waals surface area contributed by atoms with Gasteiger partial charge in [-0.15, -0.1) is 0 Å². The van der Waals surface area contributed by atoms with E-state index < -0.39 is 0 Å². The Bertz CT molecular complexity index is 610. The second kappa shape index (κ2) is 9.90. The normalized spacial score (nSPS) is 20.9. The van der Waals surface area contributed by atoms with Crippen LogP contribution in [0.25, 0.3) is 0 Å². The number of methoxy groups -OCH3 is 1. The predicted molar refractivity (Wildman–Crippen MR) is 107 cm³/mol. The van der Waals surface area contributed by atoms with E-state index in [2.05, 4.69) is 25.5 Å². The van der Waals surface area contributed by atoms with Crippen LogP contribution < -0.4 is 15.4 Å². The summed E-state index contributed by atoms with van der Waals surface area (Å²) in [6.45, 7) is 5.28. The Morgan fingerprint density at radius 1 is 1.26 bits per heavy atom. The molecule has 3 rings (SSSR count). The average Bonchev–Trinajstić information content (AvgIpc) is 2.75. The molecule has 2 aliphatic rings. The Kier molecular flexibility index (Phi) is 7.29. The van der Waals surface area contributed by atoms with E-state index in [0.717, 1.165) is 44.4 Å². The Labute approximate surface area is 162 Å². The molecule has 2 N–H and O–H groups in total. The van der Waals surface area contributed by atoms with Crippen LogP contribution in [0.15, 0.2) is 23.3 Å². The molecule has 0 aromatic carbocycles. The van der Waals surface area contributed by atoms with Crippen LogP contribution in [0.2, 0.25) is 0 Å². The fourth-order valence-corrected chi connectivity index (χ4v) is 4.24. The summed E-state index contributed by atoms with van der Waals surface area (Å²) in [6.07, 6.45) is 8.18. The van der Waals surface area contributed by atoms with Crippen LogP contribution in [0.1, 0.15) is 37.7 Å². The van der Waals surface area contributed by atoms with E-state index in [1.165, 1.54) is 32.1 Å². The van der Waals surface area contributed by atoms with Crippen molar-refractivity contribution < 1.29 is 9.47 Å². The van der Waals surface area contributed by atoms with E-state index in [4.69, 9.17) is 9.47 Å². The predicted octanol–water partition coefficient (Wildman–Crippen LogP) is 1.79. The smallest absolute Gasteiger partial charge is 0.218 e. The lowest BCUT2D eigenvalue weighted by atomic mass is 9.80. The number of guanidine groups is 1. The molecular weight excluding hydrogens is 342 g/mol. The molecule has 1 aliphatic carbocycles. The number of aromatic nitrogens is 1. The number of hydrogen-bond acceptors (Lipinski definition) is 5. The van der Waals surface area contributed by atoms with Gasteiger partial charge in [0.25, 0.3) is 0 Å². The van der Waals surface area contributed by atoms with Crippen molar-refractivity contribution in [2.24, 2.45) is 4.99 Å². The fourth-order valence-electron chi connectivity index (χ4n) is 4.24. The minimum atomic E-state index is 0.214. The van der Waals surface area contributed by atoms with E-state index in [9.17, 15) is 0 Å². The second-order valence-corrected chi connectivity index (χ2v) is 7.34. The molecule has 0 atom stereocenters. The van der Waals surface area contributed by atoms with Crippen molar-refractivity contribution >= 4 is 5.96 Å². The molecule has 0 unspecified atom stereocenters. The molecule has 1 aromatic rings. The SMILES string of the molecule is CN=C(NCc1cccnc1OC)NCC1(N2CCOCC2)CCCCC1. The lowest BCUT2D eigenvalue weighted by molar-refractivity contribution is -0.0352. The topological polar surface area (TPSA) is 71.0 Å². The van der Waals surface area contributed by atoms with Gasteiger partial charge in [0.2, 0.25) is 5.88 Å². The van der Waals surface area contributed by atoms with Crippen LogP contribution in [0.5, 0.6) is 5.88 Å². The van der Waals surface area contributed by atoms with E-state index >= 15 is 0 Å². The third-order valence-corrected chi connectivity index (χ3v) is 5.76. The first-order chi connectivity index (χ1) is 13.3. The van der Waals surface area contributed by atoms with Gasteiger partial charge in [-0.1, -0.05) is 25.3 Å². The molecule has 0 bridgehead atoms. The number of ether oxygens (including phenoxy) is 2. The molecule has 0 spiro atoms. The van der Waals surface area contributed by atoms with Crippen molar-refractivity contribution in [2.45, 2.75) is 44.2 Å². The second-order valence-electron chi connectivity index (χ2n) is 7.34. The number of hydrogen-bond donors (Lipinski definition) is 2. The largest absolute Gasteiger partial charge is 0.481 e. The molecule has 2 heterocycles. The number of nitrogens with zero attached hydrogens (tertiary/aromatic N) is 3. The van der Waals surface area contributed by atoms with Gasteiger partial charge in [0.15, 0.2) is 5.96 Å². The lowest BCUT2D eigenvalue weighted by Crippen LogP contribution is -2.60. The average molecular weight is 376 g/mol. The van der Waals surface area contributed by atoms with Gasteiger partial charge in [0.1, 0.15) is 0 Å². The summed E-state index contributed by atoms with van der Waals surface area (Å²) in [5.74, 6) is 1.47. The number of pyridine rings is 1. The first-order valence-electron chi connectivity index (χ1n) is 10.0. The van der Waals surface area contributed by atoms with Gasteiger partial charge in [0.05, 0.1) is 20.3 Å². The highest BCUT2D eigenvalue weighted by molar-refractivity contribution is 5.79. The molecule has 0 amide bonds. The van der Waals surface area contributed by atoms with Gasteiger partial charge in [0, 0.05) is 50.5 Å². The highest BCUT2D eigenvalue weighted by Crippen LogP contribution is 2.33. The van der Waals surface area contributed by atoms with Gasteiger partial charge >= 0.3 is 0 Å². The summed E-state index contributed by atoms with van der Waals surface area (Å²) < 4.78 is 10.9. The van der Waals surface area contributed by atoms with Gasteiger partial charge in [-0.05, 0) is 18.9 Å². The van der Waals surface area contributed by atoms with Crippen LogP contribution in [0, 0.1) is 0 Å². The quantitative estimate of drug-likeness (QED) is 0.584. The molecule has 27 heavy (non-hydrogen) atoms. The molecule has 1 saturated carbocycles. The van der Waals surface area contributed by atoms with Gasteiger partial charge < -0.3 is 20.1 Å². The van der Waals surface area contributed by atoms with Crippen LogP contribution in [-0.4, -0.2) is 68.4 Å².